The molecule has 0 amide bonds. The largest absolute Gasteiger partial charge is 0.397 e. The normalized spacial score (nSPS) is 17.9. The summed E-state index contributed by atoms with van der Waals surface area (Å²) in [4.78, 5) is 6.45. The molecule has 0 saturated carbocycles. The molecule has 0 atom stereocenters. The first kappa shape index (κ1) is 9.98. The summed E-state index contributed by atoms with van der Waals surface area (Å²) in [6.07, 6.45) is 3.57. The van der Waals surface area contributed by atoms with E-state index in [2.05, 4.69) is 9.88 Å². The summed E-state index contributed by atoms with van der Waals surface area (Å²) in [5.74, 6) is 2.33. The topological polar surface area (TPSA) is 42.1 Å². The van der Waals surface area contributed by atoms with Crippen molar-refractivity contribution in [3.8, 4) is 0 Å². The number of hydrogen-bond acceptors (Lipinski definition) is 5. The minimum atomic E-state index is 0.743. The molecule has 3 nitrogen and oxygen atoms in total. The lowest BCUT2D eigenvalue weighted by atomic mass is 10.3. The van der Waals surface area contributed by atoms with Crippen molar-refractivity contribution >= 4 is 33.0 Å². The Bertz CT molecular complexity index is 298. The third-order valence-corrected chi connectivity index (χ3v) is 4.45. The van der Waals surface area contributed by atoms with Crippen molar-refractivity contribution in [2.75, 3.05) is 35.2 Å². The van der Waals surface area contributed by atoms with E-state index in [-0.39, 0.29) is 0 Å². The van der Waals surface area contributed by atoms with Gasteiger partial charge >= 0.3 is 0 Å². The second-order valence-electron chi connectivity index (χ2n) is 3.11. The molecule has 1 aliphatic rings. The van der Waals surface area contributed by atoms with Crippen LogP contribution in [0.25, 0.3) is 0 Å². The van der Waals surface area contributed by atoms with Crippen LogP contribution in [-0.2, 0) is 0 Å². The van der Waals surface area contributed by atoms with Crippen molar-refractivity contribution in [2.24, 2.45) is 0 Å². The van der Waals surface area contributed by atoms with Crippen LogP contribution in [0.4, 0.5) is 11.4 Å². The Morgan fingerprint density at radius 1 is 1.21 bits per heavy atom. The molecule has 14 heavy (non-hydrogen) atoms. The maximum absolute atomic E-state index is 5.70. The molecule has 1 saturated heterocycles. The molecule has 1 aromatic heterocycles. The van der Waals surface area contributed by atoms with E-state index in [1.54, 1.807) is 6.20 Å². The van der Waals surface area contributed by atoms with Crippen LogP contribution >= 0.6 is 21.6 Å². The first-order chi connectivity index (χ1) is 6.86. The molecule has 1 aliphatic heterocycles. The van der Waals surface area contributed by atoms with Gasteiger partial charge in [0.25, 0.3) is 0 Å². The lowest BCUT2D eigenvalue weighted by Gasteiger charge is -2.21. The standard InChI is InChI=1S/C9H13N3S2/c10-8-5-9(7-11-6-8)12-1-3-13-14-4-2-12/h5-7H,1-4,10H2. The van der Waals surface area contributed by atoms with Gasteiger partial charge in [0.1, 0.15) is 0 Å². The van der Waals surface area contributed by atoms with E-state index in [1.165, 1.54) is 11.5 Å². The number of nitrogens with zero attached hydrogens (tertiary/aromatic N) is 2. The molecule has 76 valence electrons. The third-order valence-electron chi connectivity index (χ3n) is 2.08. The quantitative estimate of drug-likeness (QED) is 0.742. The summed E-state index contributed by atoms with van der Waals surface area (Å²) in [6.45, 7) is 2.17. The van der Waals surface area contributed by atoms with Gasteiger partial charge in [-0.05, 0) is 6.07 Å². The highest BCUT2D eigenvalue weighted by atomic mass is 33.1. The molecular formula is C9H13N3S2. The van der Waals surface area contributed by atoms with Crippen LogP contribution in [0.1, 0.15) is 0 Å². The first-order valence-corrected chi connectivity index (χ1v) is 7.05. The Balaban J connectivity index is 2.12. The molecule has 1 fully saturated rings. The van der Waals surface area contributed by atoms with Crippen molar-refractivity contribution < 1.29 is 0 Å². The van der Waals surface area contributed by atoms with E-state index >= 15 is 0 Å². The fourth-order valence-corrected chi connectivity index (χ4v) is 3.38. The molecule has 0 aliphatic carbocycles. The van der Waals surface area contributed by atoms with Gasteiger partial charge in [0, 0.05) is 30.8 Å². The molecule has 0 aromatic carbocycles. The maximum Gasteiger partial charge on any atom is 0.0573 e. The van der Waals surface area contributed by atoms with Gasteiger partial charge in [-0.2, -0.15) is 0 Å². The summed E-state index contributed by atoms with van der Waals surface area (Å²) < 4.78 is 0. The molecule has 0 spiro atoms. The monoisotopic (exact) mass is 227 g/mol. The van der Waals surface area contributed by atoms with Crippen LogP contribution in [0, 0.1) is 0 Å². The van der Waals surface area contributed by atoms with Crippen molar-refractivity contribution in [1.29, 1.82) is 0 Å². The Hall–Kier alpha value is -0.550. The fraction of sp³-hybridized carbons (Fsp3) is 0.444. The summed E-state index contributed by atoms with van der Waals surface area (Å²) in [7, 11) is 3.88. The van der Waals surface area contributed by atoms with Gasteiger partial charge < -0.3 is 10.6 Å². The van der Waals surface area contributed by atoms with Gasteiger partial charge in [-0.1, -0.05) is 21.6 Å². The summed E-state index contributed by atoms with van der Waals surface area (Å²) in [6, 6.07) is 1.99. The molecule has 2 heterocycles. The zero-order valence-electron chi connectivity index (χ0n) is 7.85. The van der Waals surface area contributed by atoms with Crippen LogP contribution < -0.4 is 10.6 Å². The van der Waals surface area contributed by atoms with Crippen molar-refractivity contribution in [2.45, 2.75) is 0 Å². The van der Waals surface area contributed by atoms with Crippen molar-refractivity contribution in [3.05, 3.63) is 18.5 Å². The minimum absolute atomic E-state index is 0.743. The van der Waals surface area contributed by atoms with E-state index in [1.807, 2.05) is 33.9 Å². The number of pyridine rings is 1. The second-order valence-corrected chi connectivity index (χ2v) is 5.81. The number of nitrogen functional groups attached to an aromatic ring is 1. The average molecular weight is 227 g/mol. The van der Waals surface area contributed by atoms with Crippen molar-refractivity contribution in [1.82, 2.24) is 4.98 Å². The van der Waals surface area contributed by atoms with E-state index < -0.39 is 0 Å². The van der Waals surface area contributed by atoms with Crippen LogP contribution in [0.15, 0.2) is 18.5 Å². The molecule has 0 bridgehead atoms. The lowest BCUT2D eigenvalue weighted by molar-refractivity contribution is 0.880. The van der Waals surface area contributed by atoms with Gasteiger partial charge in [-0.3, -0.25) is 4.98 Å². The van der Waals surface area contributed by atoms with E-state index in [0.717, 1.165) is 24.5 Å². The highest BCUT2D eigenvalue weighted by Gasteiger charge is 2.10. The highest BCUT2D eigenvalue weighted by molar-refractivity contribution is 8.76. The molecule has 2 rings (SSSR count). The molecular weight excluding hydrogens is 214 g/mol. The number of anilines is 2. The van der Waals surface area contributed by atoms with Crippen LogP contribution in [0.3, 0.4) is 0 Å². The first-order valence-electron chi connectivity index (χ1n) is 4.56. The van der Waals surface area contributed by atoms with Gasteiger partial charge in [0.05, 0.1) is 17.6 Å². The fourth-order valence-electron chi connectivity index (χ4n) is 1.40. The van der Waals surface area contributed by atoms with E-state index in [4.69, 9.17) is 5.73 Å². The summed E-state index contributed by atoms with van der Waals surface area (Å²) >= 11 is 0. The predicted molar refractivity (Wildman–Crippen MR) is 65.8 cm³/mol. The second kappa shape index (κ2) is 4.79. The smallest absolute Gasteiger partial charge is 0.0573 e. The third kappa shape index (κ3) is 2.48. The number of nitrogens with two attached hydrogens (primary N) is 1. The van der Waals surface area contributed by atoms with Crippen molar-refractivity contribution in [3.63, 3.8) is 0 Å². The average Bonchev–Trinajstić information content (AvgIpc) is 2.45. The Labute approximate surface area is 91.9 Å². The maximum atomic E-state index is 5.70. The zero-order valence-corrected chi connectivity index (χ0v) is 9.48. The molecule has 1 aromatic rings. The Kier molecular flexibility index (Phi) is 3.42. The van der Waals surface area contributed by atoms with Gasteiger partial charge in [0.15, 0.2) is 0 Å². The predicted octanol–water partition coefficient (Wildman–Crippen LogP) is 1.87. The minimum Gasteiger partial charge on any atom is -0.397 e. The number of hydrogen-bond donors (Lipinski definition) is 1. The highest BCUT2D eigenvalue weighted by Crippen LogP contribution is 2.26. The molecule has 0 unspecified atom stereocenters. The van der Waals surface area contributed by atoms with Gasteiger partial charge in [0.2, 0.25) is 0 Å². The van der Waals surface area contributed by atoms with E-state index in [0.29, 0.717) is 0 Å². The Morgan fingerprint density at radius 3 is 2.57 bits per heavy atom. The molecule has 5 heteroatoms. The zero-order chi connectivity index (χ0) is 9.80. The number of aromatic nitrogens is 1. The van der Waals surface area contributed by atoms with E-state index in [9.17, 15) is 0 Å². The SMILES string of the molecule is Nc1cncc(N2CCSSCC2)c1. The van der Waals surface area contributed by atoms with Crippen LogP contribution in [-0.4, -0.2) is 29.6 Å². The van der Waals surface area contributed by atoms with Gasteiger partial charge in [-0.25, -0.2) is 0 Å². The Morgan fingerprint density at radius 2 is 1.93 bits per heavy atom. The molecule has 0 radical (unpaired) electrons. The van der Waals surface area contributed by atoms with Crippen LogP contribution in [0.2, 0.25) is 0 Å². The lowest BCUT2D eigenvalue weighted by Crippen LogP contribution is -2.26. The van der Waals surface area contributed by atoms with Crippen LogP contribution in [0.5, 0.6) is 0 Å². The van der Waals surface area contributed by atoms with Gasteiger partial charge in [-0.15, -0.1) is 0 Å². The number of rotatable bonds is 1. The summed E-state index contributed by atoms with van der Waals surface area (Å²) in [5.41, 5.74) is 7.59. The summed E-state index contributed by atoms with van der Waals surface area (Å²) in [5, 5.41) is 0. The molecule has 2 N–H and O–H groups in total.